The van der Waals surface area contributed by atoms with Gasteiger partial charge < -0.3 is 11.1 Å². The van der Waals surface area contributed by atoms with Gasteiger partial charge in [-0.3, -0.25) is 0 Å². The molecule has 0 spiro atoms. The Kier molecular flexibility index (Phi) is 3.57. The maximum absolute atomic E-state index is 5.92. The largest absolute Gasteiger partial charge is 0.346 e. The summed E-state index contributed by atoms with van der Waals surface area (Å²) in [7, 11) is 0. The zero-order chi connectivity index (χ0) is 12.3. The van der Waals surface area contributed by atoms with Crippen molar-refractivity contribution < 1.29 is 0 Å². The van der Waals surface area contributed by atoms with Gasteiger partial charge in [-0.2, -0.15) is 5.10 Å². The highest BCUT2D eigenvalue weighted by atomic mass is 15.3. The van der Waals surface area contributed by atoms with Crippen LogP contribution in [0.4, 0.5) is 5.95 Å². The highest BCUT2D eigenvalue weighted by Crippen LogP contribution is 2.29. The molecule has 0 unspecified atom stereocenters. The van der Waals surface area contributed by atoms with Crippen LogP contribution in [0.5, 0.6) is 0 Å². The second-order valence-corrected chi connectivity index (χ2v) is 4.98. The molecule has 0 amide bonds. The minimum Gasteiger partial charge on any atom is -0.346 e. The number of hydrogen-bond acceptors (Lipinski definition) is 5. The molecule has 0 bridgehead atoms. The first-order valence-electron chi connectivity index (χ1n) is 6.31. The third-order valence-corrected chi connectivity index (χ3v) is 3.67. The van der Waals surface area contributed by atoms with Crippen LogP contribution in [-0.4, -0.2) is 27.3 Å². The van der Waals surface area contributed by atoms with Crippen LogP contribution in [0.3, 0.4) is 0 Å². The van der Waals surface area contributed by atoms with Crippen molar-refractivity contribution in [1.82, 2.24) is 15.2 Å². The lowest BCUT2D eigenvalue weighted by molar-refractivity contribution is 0.329. The topological polar surface area (TPSA) is 76.7 Å². The van der Waals surface area contributed by atoms with Crippen molar-refractivity contribution in [2.45, 2.75) is 51.5 Å². The first-order chi connectivity index (χ1) is 8.15. The quantitative estimate of drug-likeness (QED) is 0.831. The Morgan fingerprint density at radius 3 is 2.41 bits per heavy atom. The average molecular weight is 235 g/mol. The zero-order valence-corrected chi connectivity index (χ0v) is 10.7. The van der Waals surface area contributed by atoms with E-state index in [2.05, 4.69) is 20.5 Å². The Labute approximate surface area is 102 Å². The summed E-state index contributed by atoms with van der Waals surface area (Å²) in [5.74, 6) is 0.612. The fourth-order valence-corrected chi connectivity index (χ4v) is 2.36. The zero-order valence-electron chi connectivity index (χ0n) is 10.7. The second-order valence-electron chi connectivity index (χ2n) is 4.98. The van der Waals surface area contributed by atoms with E-state index in [4.69, 9.17) is 5.73 Å². The number of aromatic nitrogens is 3. The Morgan fingerprint density at radius 2 is 1.82 bits per heavy atom. The maximum Gasteiger partial charge on any atom is 0.243 e. The van der Waals surface area contributed by atoms with Gasteiger partial charge in [-0.25, -0.2) is 4.98 Å². The molecular weight excluding hydrogens is 214 g/mol. The summed E-state index contributed by atoms with van der Waals surface area (Å²) in [5, 5.41) is 11.6. The van der Waals surface area contributed by atoms with E-state index >= 15 is 0 Å². The van der Waals surface area contributed by atoms with Gasteiger partial charge in [-0.15, -0.1) is 5.10 Å². The first kappa shape index (κ1) is 12.2. The monoisotopic (exact) mass is 235 g/mol. The molecule has 5 heteroatoms. The molecule has 1 fully saturated rings. The second kappa shape index (κ2) is 4.96. The molecule has 0 aromatic carbocycles. The van der Waals surface area contributed by atoms with Gasteiger partial charge in [0.2, 0.25) is 5.95 Å². The van der Waals surface area contributed by atoms with E-state index in [1.165, 1.54) is 19.3 Å². The molecule has 1 heterocycles. The summed E-state index contributed by atoms with van der Waals surface area (Å²) in [5.41, 5.74) is 7.69. The Hall–Kier alpha value is -1.23. The van der Waals surface area contributed by atoms with Crippen LogP contribution in [0.15, 0.2) is 0 Å². The van der Waals surface area contributed by atoms with Crippen molar-refractivity contribution in [1.29, 1.82) is 0 Å². The van der Waals surface area contributed by atoms with Crippen LogP contribution in [0, 0.1) is 13.8 Å². The lowest BCUT2D eigenvalue weighted by Gasteiger charge is -2.36. The number of rotatable bonds is 3. The molecular formula is C12H21N5. The Bertz CT molecular complexity index is 384. The maximum atomic E-state index is 5.92. The number of aryl methyl sites for hydroxylation is 2. The van der Waals surface area contributed by atoms with Gasteiger partial charge in [0.15, 0.2) is 0 Å². The minimum absolute atomic E-state index is 0.0262. The van der Waals surface area contributed by atoms with E-state index < -0.39 is 0 Å². The minimum atomic E-state index is -0.0262. The van der Waals surface area contributed by atoms with Crippen LogP contribution in [0.1, 0.15) is 43.5 Å². The third kappa shape index (κ3) is 2.72. The summed E-state index contributed by atoms with van der Waals surface area (Å²) in [6.07, 6.45) is 5.94. The van der Waals surface area contributed by atoms with E-state index in [0.717, 1.165) is 24.2 Å². The Balaban J connectivity index is 2.14. The van der Waals surface area contributed by atoms with Gasteiger partial charge in [-0.05, 0) is 26.7 Å². The van der Waals surface area contributed by atoms with Gasteiger partial charge in [0.05, 0.1) is 16.9 Å². The van der Waals surface area contributed by atoms with Crippen LogP contribution in [-0.2, 0) is 0 Å². The summed E-state index contributed by atoms with van der Waals surface area (Å²) >= 11 is 0. The molecule has 1 aromatic rings. The van der Waals surface area contributed by atoms with Crippen LogP contribution in [0.2, 0.25) is 0 Å². The lowest BCUT2D eigenvalue weighted by Crippen LogP contribution is -2.47. The first-order valence-corrected chi connectivity index (χ1v) is 6.31. The number of hydrogen-bond donors (Lipinski definition) is 2. The van der Waals surface area contributed by atoms with Crippen molar-refractivity contribution >= 4 is 5.95 Å². The lowest BCUT2D eigenvalue weighted by atomic mass is 9.82. The van der Waals surface area contributed by atoms with Crippen molar-refractivity contribution in [3.05, 3.63) is 11.4 Å². The molecule has 94 valence electrons. The average Bonchev–Trinajstić information content (AvgIpc) is 2.35. The molecule has 0 radical (unpaired) electrons. The molecule has 0 atom stereocenters. The van der Waals surface area contributed by atoms with E-state index in [1.54, 1.807) is 0 Å². The van der Waals surface area contributed by atoms with Crippen LogP contribution < -0.4 is 11.1 Å². The van der Waals surface area contributed by atoms with E-state index in [-0.39, 0.29) is 5.54 Å². The SMILES string of the molecule is Cc1nnc(NC2(CN)CCCCC2)nc1C. The van der Waals surface area contributed by atoms with Gasteiger partial charge in [0.25, 0.3) is 0 Å². The molecule has 3 N–H and O–H groups in total. The van der Waals surface area contributed by atoms with E-state index in [0.29, 0.717) is 12.5 Å². The van der Waals surface area contributed by atoms with Crippen LogP contribution in [0.25, 0.3) is 0 Å². The van der Waals surface area contributed by atoms with Gasteiger partial charge in [-0.1, -0.05) is 19.3 Å². The summed E-state index contributed by atoms with van der Waals surface area (Å²) < 4.78 is 0. The molecule has 1 saturated carbocycles. The molecule has 0 aliphatic heterocycles. The van der Waals surface area contributed by atoms with Crippen molar-refractivity contribution in [2.24, 2.45) is 5.73 Å². The molecule has 1 aromatic heterocycles. The number of anilines is 1. The molecule has 17 heavy (non-hydrogen) atoms. The normalized spacial score (nSPS) is 19.0. The highest BCUT2D eigenvalue weighted by molar-refractivity contribution is 5.30. The number of nitrogens with two attached hydrogens (primary N) is 1. The van der Waals surface area contributed by atoms with Crippen molar-refractivity contribution in [3.8, 4) is 0 Å². The molecule has 1 aliphatic carbocycles. The van der Waals surface area contributed by atoms with Crippen molar-refractivity contribution in [3.63, 3.8) is 0 Å². The van der Waals surface area contributed by atoms with Crippen molar-refractivity contribution in [2.75, 3.05) is 11.9 Å². The molecule has 1 aliphatic rings. The van der Waals surface area contributed by atoms with E-state index in [1.807, 2.05) is 13.8 Å². The van der Waals surface area contributed by atoms with Gasteiger partial charge in [0.1, 0.15) is 0 Å². The Morgan fingerprint density at radius 1 is 1.12 bits per heavy atom. The molecule has 0 saturated heterocycles. The highest BCUT2D eigenvalue weighted by Gasteiger charge is 2.31. The summed E-state index contributed by atoms with van der Waals surface area (Å²) in [6.45, 7) is 4.49. The fourth-order valence-electron chi connectivity index (χ4n) is 2.36. The number of nitrogens with one attached hydrogen (secondary N) is 1. The van der Waals surface area contributed by atoms with E-state index in [9.17, 15) is 0 Å². The van der Waals surface area contributed by atoms with Gasteiger partial charge in [0, 0.05) is 6.54 Å². The summed E-state index contributed by atoms with van der Waals surface area (Å²) in [6, 6.07) is 0. The molecule has 2 rings (SSSR count). The predicted molar refractivity (Wildman–Crippen MR) is 67.8 cm³/mol. The smallest absolute Gasteiger partial charge is 0.243 e. The number of nitrogens with zero attached hydrogens (tertiary/aromatic N) is 3. The van der Waals surface area contributed by atoms with Gasteiger partial charge >= 0.3 is 0 Å². The molecule has 5 nitrogen and oxygen atoms in total. The van der Waals surface area contributed by atoms with Crippen LogP contribution >= 0.6 is 0 Å². The predicted octanol–water partition coefficient (Wildman–Crippen LogP) is 1.56. The fraction of sp³-hybridized carbons (Fsp3) is 0.750. The third-order valence-electron chi connectivity index (χ3n) is 3.67. The summed E-state index contributed by atoms with van der Waals surface area (Å²) in [4.78, 5) is 4.42. The standard InChI is InChI=1S/C12H21N5/c1-9-10(2)16-17-11(14-9)15-12(8-13)6-4-3-5-7-12/h3-8,13H2,1-2H3,(H,14,15,17).